The fourth-order valence-corrected chi connectivity index (χ4v) is 1.97. The molecule has 128 valence electrons. The van der Waals surface area contributed by atoms with Gasteiger partial charge in [0.05, 0.1) is 17.8 Å². The number of anilines is 1. The number of carbonyl (C=O) groups excluding carboxylic acids is 1. The number of nitrogens with one attached hydrogen (secondary N) is 2. The summed E-state index contributed by atoms with van der Waals surface area (Å²) in [5, 5.41) is 4.65. The van der Waals surface area contributed by atoms with Crippen molar-refractivity contribution in [1.29, 1.82) is 0 Å². The zero-order chi connectivity index (χ0) is 17.6. The van der Waals surface area contributed by atoms with Gasteiger partial charge in [0.2, 0.25) is 0 Å². The van der Waals surface area contributed by atoms with E-state index in [1.165, 1.54) is 18.2 Å². The number of alkyl halides is 3. The molecule has 0 radical (unpaired) electrons. The van der Waals surface area contributed by atoms with E-state index < -0.39 is 17.8 Å². The lowest BCUT2D eigenvalue weighted by Crippen LogP contribution is -2.32. The number of carbonyl (C=O) groups is 1. The summed E-state index contributed by atoms with van der Waals surface area (Å²) in [7, 11) is 0. The fourth-order valence-electron chi connectivity index (χ4n) is 1.97. The first kappa shape index (κ1) is 17.7. The maximum absolute atomic E-state index is 12.8. The molecule has 0 fully saturated rings. The summed E-state index contributed by atoms with van der Waals surface area (Å²) in [5.41, 5.74) is -0.0822. The molecule has 24 heavy (non-hydrogen) atoms. The summed E-state index contributed by atoms with van der Waals surface area (Å²) < 4.78 is 43.9. The Morgan fingerprint density at radius 3 is 2.42 bits per heavy atom. The quantitative estimate of drug-likeness (QED) is 0.802. The average Bonchev–Trinajstić information content (AvgIpc) is 2.53. The predicted molar refractivity (Wildman–Crippen MR) is 85.1 cm³/mol. The molecule has 0 saturated heterocycles. The molecule has 0 bridgehead atoms. The van der Waals surface area contributed by atoms with Crippen LogP contribution >= 0.6 is 0 Å². The third kappa shape index (κ3) is 5.19. The number of benzene rings is 2. The number of urea groups is 1. The lowest BCUT2D eigenvalue weighted by Gasteiger charge is -2.14. The first-order valence-electron chi connectivity index (χ1n) is 7.27. The van der Waals surface area contributed by atoms with Crippen LogP contribution in [0, 0.1) is 6.92 Å². The van der Waals surface area contributed by atoms with Gasteiger partial charge in [-0.3, -0.25) is 0 Å². The highest BCUT2D eigenvalue weighted by atomic mass is 19.4. The molecule has 2 N–H and O–H groups in total. The molecule has 0 heterocycles. The van der Waals surface area contributed by atoms with E-state index in [4.69, 9.17) is 4.74 Å². The molecule has 2 aromatic rings. The normalized spacial score (nSPS) is 11.0. The zero-order valence-corrected chi connectivity index (χ0v) is 13.0. The van der Waals surface area contributed by atoms with Gasteiger partial charge in [-0.25, -0.2) is 4.79 Å². The van der Waals surface area contributed by atoms with Crippen molar-refractivity contribution in [2.24, 2.45) is 0 Å². The van der Waals surface area contributed by atoms with Crippen LogP contribution in [0.1, 0.15) is 11.1 Å². The number of hydrogen-bond acceptors (Lipinski definition) is 2. The number of amides is 2. The van der Waals surface area contributed by atoms with E-state index in [1.807, 2.05) is 19.1 Å². The Balaban J connectivity index is 1.81. The average molecular weight is 338 g/mol. The molecule has 4 nitrogen and oxygen atoms in total. The lowest BCUT2D eigenvalue weighted by molar-refractivity contribution is -0.136. The molecule has 0 aromatic heterocycles. The highest BCUT2D eigenvalue weighted by Crippen LogP contribution is 2.34. The van der Waals surface area contributed by atoms with Crippen LogP contribution in [-0.2, 0) is 6.18 Å². The van der Waals surface area contributed by atoms with Gasteiger partial charge in [0.25, 0.3) is 0 Å². The van der Waals surface area contributed by atoms with Gasteiger partial charge in [-0.15, -0.1) is 0 Å². The minimum absolute atomic E-state index is 0.161. The van der Waals surface area contributed by atoms with Gasteiger partial charge in [0, 0.05) is 0 Å². The van der Waals surface area contributed by atoms with Crippen LogP contribution in [0.15, 0.2) is 48.5 Å². The first-order valence-corrected chi connectivity index (χ1v) is 7.27. The van der Waals surface area contributed by atoms with Crippen molar-refractivity contribution in [1.82, 2.24) is 5.32 Å². The largest absolute Gasteiger partial charge is 0.492 e. The topological polar surface area (TPSA) is 50.4 Å². The van der Waals surface area contributed by atoms with Crippen LogP contribution in [0.5, 0.6) is 5.75 Å². The zero-order valence-electron chi connectivity index (χ0n) is 13.0. The molecule has 0 aliphatic heterocycles. The van der Waals surface area contributed by atoms with Crippen LogP contribution in [0.2, 0.25) is 0 Å². The highest BCUT2D eigenvalue weighted by molar-refractivity contribution is 5.90. The Morgan fingerprint density at radius 1 is 1.08 bits per heavy atom. The van der Waals surface area contributed by atoms with Crippen molar-refractivity contribution in [2.45, 2.75) is 13.1 Å². The molecule has 0 unspecified atom stereocenters. The molecule has 0 spiro atoms. The summed E-state index contributed by atoms with van der Waals surface area (Å²) in [5.74, 6) is 0.658. The van der Waals surface area contributed by atoms with Crippen LogP contribution in [0.4, 0.5) is 23.7 Å². The number of halogens is 3. The Bertz CT molecular complexity index is 685. The van der Waals surface area contributed by atoms with E-state index in [2.05, 4.69) is 10.6 Å². The minimum Gasteiger partial charge on any atom is -0.492 e. The van der Waals surface area contributed by atoms with E-state index in [0.29, 0.717) is 5.75 Å². The van der Waals surface area contributed by atoms with Gasteiger partial charge in [-0.2, -0.15) is 13.2 Å². The van der Waals surface area contributed by atoms with Crippen LogP contribution in [0.3, 0.4) is 0 Å². The first-order chi connectivity index (χ1) is 11.4. The molecule has 7 heteroatoms. The van der Waals surface area contributed by atoms with Crippen LogP contribution in [0.25, 0.3) is 0 Å². The number of ether oxygens (including phenoxy) is 1. The fraction of sp³-hybridized carbons (Fsp3) is 0.235. The molecular weight excluding hydrogens is 321 g/mol. The third-order valence-electron chi connectivity index (χ3n) is 3.16. The molecule has 0 saturated carbocycles. The Morgan fingerprint density at radius 2 is 1.75 bits per heavy atom. The van der Waals surface area contributed by atoms with Gasteiger partial charge in [-0.1, -0.05) is 29.8 Å². The van der Waals surface area contributed by atoms with Gasteiger partial charge >= 0.3 is 12.2 Å². The van der Waals surface area contributed by atoms with E-state index in [1.54, 1.807) is 12.1 Å². The summed E-state index contributed by atoms with van der Waals surface area (Å²) in [6.07, 6.45) is -4.53. The van der Waals surface area contributed by atoms with Gasteiger partial charge in [0.15, 0.2) is 0 Å². The smallest absolute Gasteiger partial charge is 0.418 e. The second-order valence-corrected chi connectivity index (χ2v) is 5.09. The SMILES string of the molecule is Cc1ccc(OCCNC(=O)Nc2ccccc2C(F)(F)F)cc1. The molecule has 0 aliphatic carbocycles. The Kier molecular flexibility index (Phi) is 5.68. The molecule has 2 amide bonds. The van der Waals surface area contributed by atoms with E-state index >= 15 is 0 Å². The number of aryl methyl sites for hydroxylation is 1. The molecule has 2 rings (SSSR count). The van der Waals surface area contributed by atoms with Crippen molar-refractivity contribution in [3.63, 3.8) is 0 Å². The van der Waals surface area contributed by atoms with Crippen molar-refractivity contribution < 1.29 is 22.7 Å². The van der Waals surface area contributed by atoms with Crippen molar-refractivity contribution in [3.8, 4) is 5.75 Å². The number of para-hydroxylation sites is 1. The van der Waals surface area contributed by atoms with Crippen molar-refractivity contribution in [2.75, 3.05) is 18.5 Å². The standard InChI is InChI=1S/C17H17F3N2O2/c1-12-6-8-13(9-7-12)24-11-10-21-16(23)22-15-5-3-2-4-14(15)17(18,19)20/h2-9H,10-11H2,1H3,(H2,21,22,23). The van der Waals surface area contributed by atoms with Gasteiger partial charge in [0.1, 0.15) is 12.4 Å². The van der Waals surface area contributed by atoms with Gasteiger partial charge < -0.3 is 15.4 Å². The maximum Gasteiger partial charge on any atom is 0.418 e. The summed E-state index contributed by atoms with van der Waals surface area (Å²) in [4.78, 5) is 11.7. The van der Waals surface area contributed by atoms with E-state index in [0.717, 1.165) is 11.6 Å². The second kappa shape index (κ2) is 7.72. The van der Waals surface area contributed by atoms with Crippen molar-refractivity contribution >= 4 is 11.7 Å². The number of rotatable bonds is 5. The second-order valence-electron chi connectivity index (χ2n) is 5.09. The maximum atomic E-state index is 12.8. The van der Waals surface area contributed by atoms with E-state index in [-0.39, 0.29) is 18.8 Å². The lowest BCUT2D eigenvalue weighted by atomic mass is 10.1. The monoisotopic (exact) mass is 338 g/mol. The van der Waals surface area contributed by atoms with Crippen molar-refractivity contribution in [3.05, 3.63) is 59.7 Å². The van der Waals surface area contributed by atoms with E-state index in [9.17, 15) is 18.0 Å². The summed E-state index contributed by atoms with van der Waals surface area (Å²) in [6.45, 7) is 2.32. The molecule has 0 atom stereocenters. The van der Waals surface area contributed by atoms with Crippen LogP contribution in [-0.4, -0.2) is 19.2 Å². The molecular formula is C17H17F3N2O2. The molecule has 2 aromatic carbocycles. The summed E-state index contributed by atoms with van der Waals surface area (Å²) in [6, 6.07) is 11.5. The Labute approximate surface area is 137 Å². The predicted octanol–water partition coefficient (Wildman–Crippen LogP) is 4.21. The molecule has 0 aliphatic rings. The Hall–Kier alpha value is -2.70. The summed E-state index contributed by atoms with van der Waals surface area (Å²) >= 11 is 0. The van der Waals surface area contributed by atoms with Gasteiger partial charge in [-0.05, 0) is 31.2 Å². The number of hydrogen-bond donors (Lipinski definition) is 2. The highest BCUT2D eigenvalue weighted by Gasteiger charge is 2.33. The minimum atomic E-state index is -4.53. The third-order valence-corrected chi connectivity index (χ3v) is 3.16. The van der Waals surface area contributed by atoms with Crippen LogP contribution < -0.4 is 15.4 Å².